The molecule has 0 atom stereocenters. The predicted molar refractivity (Wildman–Crippen MR) is 85.5 cm³/mol. The Morgan fingerprint density at radius 1 is 1.05 bits per heavy atom. The van der Waals surface area contributed by atoms with E-state index in [4.69, 9.17) is 5.73 Å². The summed E-state index contributed by atoms with van der Waals surface area (Å²) in [6.07, 6.45) is 0. The maximum Gasteiger partial charge on any atom is 0.268 e. The van der Waals surface area contributed by atoms with Crippen LogP contribution in [0.25, 0.3) is 0 Å². The van der Waals surface area contributed by atoms with E-state index in [0.29, 0.717) is 17.8 Å². The number of carbonyl (C=O) groups is 1. The first-order valence-electron chi connectivity index (χ1n) is 7.04. The van der Waals surface area contributed by atoms with Crippen LogP contribution in [-0.4, -0.2) is 29.5 Å². The maximum atomic E-state index is 12.7. The molecule has 2 aromatic carbocycles. The molecule has 0 aliphatic heterocycles. The van der Waals surface area contributed by atoms with E-state index < -0.39 is 0 Å². The minimum absolute atomic E-state index is 0.0248. The van der Waals surface area contributed by atoms with E-state index in [1.807, 2.05) is 49.3 Å². The molecular weight excluding hydrogens is 262 g/mol. The summed E-state index contributed by atoms with van der Waals surface area (Å²) in [6, 6.07) is 17.0. The van der Waals surface area contributed by atoms with Gasteiger partial charge in [-0.05, 0) is 29.8 Å². The van der Waals surface area contributed by atoms with Crippen LogP contribution in [0.15, 0.2) is 54.6 Å². The van der Waals surface area contributed by atoms with Crippen LogP contribution in [0.1, 0.15) is 22.8 Å². The highest BCUT2D eigenvalue weighted by Crippen LogP contribution is 2.13. The van der Waals surface area contributed by atoms with E-state index >= 15 is 0 Å². The minimum Gasteiger partial charge on any atom is -0.399 e. The number of hydrogen-bond acceptors (Lipinski definition) is 3. The molecule has 1 amide bonds. The largest absolute Gasteiger partial charge is 0.399 e. The summed E-state index contributed by atoms with van der Waals surface area (Å²) in [5, 5.41) is 3.67. The van der Waals surface area contributed by atoms with Gasteiger partial charge in [-0.15, -0.1) is 0 Å². The first kappa shape index (κ1) is 15.1. The summed E-state index contributed by atoms with van der Waals surface area (Å²) in [6.45, 7) is 3.33. The van der Waals surface area contributed by atoms with Gasteiger partial charge >= 0.3 is 0 Å². The van der Waals surface area contributed by atoms with Crippen molar-refractivity contribution in [1.29, 1.82) is 0 Å². The molecule has 0 saturated carbocycles. The zero-order chi connectivity index (χ0) is 15.2. The van der Waals surface area contributed by atoms with Gasteiger partial charge < -0.3 is 5.73 Å². The Labute approximate surface area is 125 Å². The molecule has 0 fully saturated rings. The second-order valence-electron chi connectivity index (χ2n) is 4.94. The Bertz CT molecular complexity index is 581. The van der Waals surface area contributed by atoms with Crippen LogP contribution in [0.4, 0.5) is 5.69 Å². The highest BCUT2D eigenvalue weighted by molar-refractivity contribution is 5.94. The fourth-order valence-electron chi connectivity index (χ4n) is 2.05. The van der Waals surface area contributed by atoms with Gasteiger partial charge in [0.05, 0.1) is 6.54 Å². The van der Waals surface area contributed by atoms with Crippen molar-refractivity contribution in [3.05, 3.63) is 65.7 Å². The van der Waals surface area contributed by atoms with Crippen molar-refractivity contribution in [3.8, 4) is 0 Å². The smallest absolute Gasteiger partial charge is 0.268 e. The highest BCUT2D eigenvalue weighted by atomic mass is 16.2. The lowest BCUT2D eigenvalue weighted by Gasteiger charge is -2.31. The van der Waals surface area contributed by atoms with Crippen molar-refractivity contribution < 1.29 is 4.79 Å². The molecule has 4 nitrogen and oxygen atoms in total. The number of nitrogens with two attached hydrogens (primary N) is 1. The maximum absolute atomic E-state index is 12.7. The number of benzene rings is 2. The van der Waals surface area contributed by atoms with E-state index in [-0.39, 0.29) is 5.91 Å². The van der Waals surface area contributed by atoms with Gasteiger partial charge in [-0.1, -0.05) is 37.3 Å². The van der Waals surface area contributed by atoms with Crippen LogP contribution in [0.2, 0.25) is 0 Å². The lowest BCUT2D eigenvalue weighted by molar-refractivity contribution is 0.00375. The monoisotopic (exact) mass is 283 g/mol. The van der Waals surface area contributed by atoms with Gasteiger partial charge in [0.25, 0.3) is 5.91 Å². The van der Waals surface area contributed by atoms with E-state index in [0.717, 1.165) is 12.1 Å². The van der Waals surface area contributed by atoms with Crippen LogP contribution in [-0.2, 0) is 6.54 Å². The molecule has 2 rings (SSSR count). The molecule has 0 aliphatic rings. The van der Waals surface area contributed by atoms with Crippen LogP contribution in [0.5, 0.6) is 0 Å². The Kier molecular flexibility index (Phi) is 4.95. The zero-order valence-corrected chi connectivity index (χ0v) is 12.5. The van der Waals surface area contributed by atoms with Gasteiger partial charge in [-0.2, -0.15) is 0 Å². The predicted octanol–water partition coefficient (Wildman–Crippen LogP) is 2.78. The Balaban J connectivity index is 2.23. The third-order valence-electron chi connectivity index (χ3n) is 3.44. The van der Waals surface area contributed by atoms with Gasteiger partial charge in [-0.25, -0.2) is 5.01 Å². The molecule has 21 heavy (non-hydrogen) atoms. The van der Waals surface area contributed by atoms with Crippen LogP contribution in [0.3, 0.4) is 0 Å². The lowest BCUT2D eigenvalue weighted by atomic mass is 10.1. The molecule has 110 valence electrons. The number of hydrazine groups is 1. The van der Waals surface area contributed by atoms with Crippen LogP contribution in [0, 0.1) is 0 Å². The normalized spacial score (nSPS) is 10.6. The summed E-state index contributed by atoms with van der Waals surface area (Å²) in [4.78, 5) is 12.7. The quantitative estimate of drug-likeness (QED) is 0.678. The fraction of sp³-hybridized carbons (Fsp3) is 0.235. The summed E-state index contributed by atoms with van der Waals surface area (Å²) < 4.78 is 0. The summed E-state index contributed by atoms with van der Waals surface area (Å²) in [5.74, 6) is -0.0248. The lowest BCUT2D eigenvalue weighted by Crippen LogP contribution is -2.43. The third kappa shape index (κ3) is 3.83. The number of amides is 1. The van der Waals surface area contributed by atoms with Gasteiger partial charge in [0, 0.05) is 24.8 Å². The number of carbonyl (C=O) groups excluding carboxylic acids is 1. The Hall–Kier alpha value is -2.33. The number of hydrogen-bond donors (Lipinski definition) is 1. The Morgan fingerprint density at radius 3 is 2.24 bits per heavy atom. The molecule has 0 aliphatic carbocycles. The van der Waals surface area contributed by atoms with Crippen molar-refractivity contribution in [2.45, 2.75) is 13.5 Å². The third-order valence-corrected chi connectivity index (χ3v) is 3.44. The molecule has 0 saturated heterocycles. The average molecular weight is 283 g/mol. The fourth-order valence-corrected chi connectivity index (χ4v) is 2.05. The molecule has 0 spiro atoms. The molecule has 2 aromatic rings. The van der Waals surface area contributed by atoms with E-state index in [1.54, 1.807) is 29.3 Å². The first-order chi connectivity index (χ1) is 10.1. The van der Waals surface area contributed by atoms with Crippen LogP contribution < -0.4 is 5.73 Å². The van der Waals surface area contributed by atoms with Gasteiger partial charge in [0.1, 0.15) is 0 Å². The van der Waals surface area contributed by atoms with Gasteiger partial charge in [-0.3, -0.25) is 9.80 Å². The molecule has 0 unspecified atom stereocenters. The van der Waals surface area contributed by atoms with Crippen LogP contribution >= 0.6 is 0 Å². The number of nitrogen functional groups attached to an aromatic ring is 1. The van der Waals surface area contributed by atoms with Crippen molar-refractivity contribution in [1.82, 2.24) is 10.0 Å². The molecule has 0 heterocycles. The molecule has 4 heteroatoms. The highest BCUT2D eigenvalue weighted by Gasteiger charge is 2.19. The van der Waals surface area contributed by atoms with E-state index in [9.17, 15) is 4.79 Å². The van der Waals surface area contributed by atoms with Gasteiger partial charge in [0.2, 0.25) is 0 Å². The number of rotatable bonds is 5. The zero-order valence-electron chi connectivity index (χ0n) is 12.5. The standard InChI is InChI=1S/C17H21N3O/c1-3-19(2)20(13-14-7-5-4-6-8-14)17(21)15-9-11-16(18)12-10-15/h4-12H,3,13,18H2,1-2H3. The average Bonchev–Trinajstić information content (AvgIpc) is 2.53. The summed E-state index contributed by atoms with van der Waals surface area (Å²) in [5.41, 5.74) is 8.07. The molecule has 0 radical (unpaired) electrons. The van der Waals surface area contributed by atoms with Crippen molar-refractivity contribution in [2.24, 2.45) is 0 Å². The minimum atomic E-state index is -0.0248. The van der Waals surface area contributed by atoms with Gasteiger partial charge in [0.15, 0.2) is 0 Å². The molecular formula is C17H21N3O. The summed E-state index contributed by atoms with van der Waals surface area (Å²) >= 11 is 0. The summed E-state index contributed by atoms with van der Waals surface area (Å²) in [7, 11) is 1.91. The van der Waals surface area contributed by atoms with Crippen molar-refractivity contribution in [2.75, 3.05) is 19.3 Å². The van der Waals surface area contributed by atoms with E-state index in [1.165, 1.54) is 0 Å². The topological polar surface area (TPSA) is 49.6 Å². The van der Waals surface area contributed by atoms with E-state index in [2.05, 4.69) is 0 Å². The second kappa shape index (κ2) is 6.90. The van der Waals surface area contributed by atoms with Crippen molar-refractivity contribution >= 4 is 11.6 Å². The first-order valence-corrected chi connectivity index (χ1v) is 7.04. The second-order valence-corrected chi connectivity index (χ2v) is 4.94. The van der Waals surface area contributed by atoms with Crippen molar-refractivity contribution in [3.63, 3.8) is 0 Å². The molecule has 2 N–H and O–H groups in total. The molecule has 0 bridgehead atoms. The SMILES string of the molecule is CCN(C)N(Cc1ccccc1)C(=O)c1ccc(N)cc1. The number of nitrogens with zero attached hydrogens (tertiary/aromatic N) is 2. The number of anilines is 1. The molecule has 0 aromatic heterocycles. The Morgan fingerprint density at radius 2 is 1.67 bits per heavy atom.